The maximum Gasteiger partial charge on any atom is 0.135 e. The van der Waals surface area contributed by atoms with Crippen molar-refractivity contribution in [2.45, 2.75) is 52.2 Å². The van der Waals surface area contributed by atoms with Crippen LogP contribution in [0.1, 0.15) is 57.2 Å². The number of rotatable bonds is 6. The van der Waals surface area contributed by atoms with E-state index >= 15 is 0 Å². The first-order valence-electron chi connectivity index (χ1n) is 9.51. The second-order valence-corrected chi connectivity index (χ2v) is 8.12. The molecule has 0 saturated carbocycles. The van der Waals surface area contributed by atoms with Gasteiger partial charge in [0.1, 0.15) is 18.5 Å². The third-order valence-electron chi connectivity index (χ3n) is 4.11. The molecule has 3 heteroatoms. The molecule has 0 fully saturated rings. The molecule has 1 unspecified atom stereocenters. The maximum absolute atomic E-state index is 10.1. The van der Waals surface area contributed by atoms with Gasteiger partial charge in [0, 0.05) is 17.6 Å². The van der Waals surface area contributed by atoms with Gasteiger partial charge in [-0.1, -0.05) is 50.0 Å². The highest BCUT2D eigenvalue weighted by atomic mass is 16.5. The number of nitrogens with one attached hydrogen (secondary N) is 1. The Morgan fingerprint density at radius 3 is 2.30 bits per heavy atom. The van der Waals surface area contributed by atoms with Crippen molar-refractivity contribution in [1.29, 1.82) is 0 Å². The monoisotopic (exact) mass is 365 g/mol. The van der Waals surface area contributed by atoms with E-state index in [-0.39, 0.29) is 12.1 Å². The van der Waals surface area contributed by atoms with Crippen LogP contribution in [0, 0.1) is 11.8 Å². The molecular formula is C24H31NO2. The fourth-order valence-corrected chi connectivity index (χ4v) is 2.46. The maximum atomic E-state index is 10.1. The summed E-state index contributed by atoms with van der Waals surface area (Å²) in [7, 11) is 0. The van der Waals surface area contributed by atoms with Crippen LogP contribution in [0.4, 0.5) is 0 Å². The van der Waals surface area contributed by atoms with E-state index in [1.165, 1.54) is 5.56 Å². The van der Waals surface area contributed by atoms with Crippen molar-refractivity contribution in [3.8, 4) is 17.6 Å². The molecule has 0 spiro atoms. The van der Waals surface area contributed by atoms with Gasteiger partial charge in [-0.05, 0) is 56.5 Å². The van der Waals surface area contributed by atoms with E-state index in [4.69, 9.17) is 4.74 Å². The molecule has 2 rings (SSSR count). The molecule has 2 aromatic rings. The average molecular weight is 366 g/mol. The van der Waals surface area contributed by atoms with Crippen molar-refractivity contribution in [2.24, 2.45) is 0 Å². The van der Waals surface area contributed by atoms with Gasteiger partial charge in [-0.2, -0.15) is 0 Å². The van der Waals surface area contributed by atoms with Crippen molar-refractivity contribution in [1.82, 2.24) is 5.32 Å². The SMILES string of the molecule is CC(C)c1ccc(C#Cc2ccccc2OCC(O)CNC(C)(C)C)cc1. The van der Waals surface area contributed by atoms with Crippen LogP contribution in [0.2, 0.25) is 0 Å². The fraction of sp³-hybridized carbons (Fsp3) is 0.417. The van der Waals surface area contributed by atoms with E-state index in [1.807, 2.05) is 36.4 Å². The minimum Gasteiger partial charge on any atom is -0.490 e. The van der Waals surface area contributed by atoms with E-state index in [1.54, 1.807) is 0 Å². The molecule has 0 radical (unpaired) electrons. The van der Waals surface area contributed by atoms with Gasteiger partial charge in [-0.25, -0.2) is 0 Å². The Morgan fingerprint density at radius 2 is 1.67 bits per heavy atom. The lowest BCUT2D eigenvalue weighted by Gasteiger charge is -2.23. The third kappa shape index (κ3) is 7.46. The molecule has 0 amide bonds. The first kappa shape index (κ1) is 21.0. The summed E-state index contributed by atoms with van der Waals surface area (Å²) >= 11 is 0. The normalized spacial score (nSPS) is 12.4. The van der Waals surface area contributed by atoms with Crippen LogP contribution < -0.4 is 10.1 Å². The highest BCUT2D eigenvalue weighted by Gasteiger charge is 2.13. The van der Waals surface area contributed by atoms with Gasteiger partial charge in [0.2, 0.25) is 0 Å². The van der Waals surface area contributed by atoms with Crippen molar-refractivity contribution in [3.05, 3.63) is 65.2 Å². The third-order valence-corrected chi connectivity index (χ3v) is 4.11. The largest absolute Gasteiger partial charge is 0.490 e. The standard InChI is InChI=1S/C24H31NO2/c1-18(2)20-13-10-19(11-14-20)12-15-21-8-6-7-9-23(21)27-17-22(26)16-25-24(3,4)5/h6-11,13-14,18,22,25-26H,16-17H2,1-5H3. The Hall–Kier alpha value is -2.28. The van der Waals surface area contributed by atoms with Crippen molar-refractivity contribution < 1.29 is 9.84 Å². The van der Waals surface area contributed by atoms with Gasteiger partial charge < -0.3 is 15.2 Å². The summed E-state index contributed by atoms with van der Waals surface area (Å²) in [6.45, 7) is 11.3. The first-order chi connectivity index (χ1) is 12.7. The summed E-state index contributed by atoms with van der Waals surface area (Å²) in [6, 6.07) is 16.0. The van der Waals surface area contributed by atoms with Crippen LogP contribution in [0.25, 0.3) is 0 Å². The molecule has 0 aliphatic rings. The number of aliphatic hydroxyl groups excluding tert-OH is 1. The number of ether oxygens (including phenoxy) is 1. The van der Waals surface area contributed by atoms with E-state index in [9.17, 15) is 5.11 Å². The summed E-state index contributed by atoms with van der Waals surface area (Å²) < 4.78 is 5.81. The molecule has 0 heterocycles. The molecule has 144 valence electrons. The van der Waals surface area contributed by atoms with Gasteiger partial charge in [-0.3, -0.25) is 0 Å². The minimum atomic E-state index is -0.575. The molecular weight excluding hydrogens is 334 g/mol. The highest BCUT2D eigenvalue weighted by Crippen LogP contribution is 2.18. The number of β-amino-alcohol motifs (C(OH)–C–C–N with tert-alkyl or cyclic N) is 1. The Balaban J connectivity index is 2.01. The Kier molecular flexibility index (Phi) is 7.47. The van der Waals surface area contributed by atoms with Crippen LogP contribution >= 0.6 is 0 Å². The molecule has 0 aliphatic carbocycles. The molecule has 3 nitrogen and oxygen atoms in total. The predicted octanol–water partition coefficient (Wildman–Crippen LogP) is 4.34. The van der Waals surface area contributed by atoms with Gasteiger partial charge in [0.05, 0.1) is 5.56 Å². The van der Waals surface area contributed by atoms with Gasteiger partial charge in [0.25, 0.3) is 0 Å². The van der Waals surface area contributed by atoms with E-state index in [0.717, 1.165) is 11.1 Å². The smallest absolute Gasteiger partial charge is 0.135 e. The van der Waals surface area contributed by atoms with Crippen LogP contribution in [0.15, 0.2) is 48.5 Å². The highest BCUT2D eigenvalue weighted by molar-refractivity contribution is 5.50. The molecule has 0 aliphatic heterocycles. The summed E-state index contributed by atoms with van der Waals surface area (Å²) in [4.78, 5) is 0. The Labute approximate surface area is 163 Å². The van der Waals surface area contributed by atoms with E-state index in [0.29, 0.717) is 18.2 Å². The molecule has 0 bridgehead atoms. The minimum absolute atomic E-state index is 0.0323. The van der Waals surface area contributed by atoms with E-state index < -0.39 is 6.10 Å². The Morgan fingerprint density at radius 1 is 1.00 bits per heavy atom. The van der Waals surface area contributed by atoms with Crippen molar-refractivity contribution in [2.75, 3.05) is 13.2 Å². The number of benzene rings is 2. The first-order valence-corrected chi connectivity index (χ1v) is 9.51. The van der Waals surface area contributed by atoms with Crippen LogP contribution in [0.5, 0.6) is 5.75 Å². The zero-order valence-electron chi connectivity index (χ0n) is 17.0. The fourth-order valence-electron chi connectivity index (χ4n) is 2.46. The van der Waals surface area contributed by atoms with Crippen molar-refractivity contribution in [3.63, 3.8) is 0 Å². The number of hydrogen-bond donors (Lipinski definition) is 2. The molecule has 2 aromatic carbocycles. The lowest BCUT2D eigenvalue weighted by atomic mass is 10.0. The molecule has 0 saturated heterocycles. The average Bonchev–Trinajstić information content (AvgIpc) is 2.63. The zero-order chi connectivity index (χ0) is 19.9. The van der Waals surface area contributed by atoms with Crippen LogP contribution in [-0.4, -0.2) is 29.9 Å². The molecule has 1 atom stereocenters. The summed E-state index contributed by atoms with van der Waals surface area (Å²) in [5.41, 5.74) is 3.07. The van der Waals surface area contributed by atoms with Crippen LogP contribution in [-0.2, 0) is 0 Å². The molecule has 2 N–H and O–H groups in total. The quantitative estimate of drug-likeness (QED) is 0.749. The van der Waals surface area contributed by atoms with Crippen molar-refractivity contribution >= 4 is 0 Å². The second-order valence-electron chi connectivity index (χ2n) is 8.12. The van der Waals surface area contributed by atoms with Gasteiger partial charge in [0.15, 0.2) is 0 Å². The topological polar surface area (TPSA) is 41.5 Å². The number of hydrogen-bond acceptors (Lipinski definition) is 3. The zero-order valence-corrected chi connectivity index (χ0v) is 17.0. The predicted molar refractivity (Wildman–Crippen MR) is 112 cm³/mol. The lowest BCUT2D eigenvalue weighted by Crippen LogP contribution is -2.42. The van der Waals surface area contributed by atoms with Gasteiger partial charge >= 0.3 is 0 Å². The lowest BCUT2D eigenvalue weighted by molar-refractivity contribution is 0.0999. The Bertz CT molecular complexity index is 777. The van der Waals surface area contributed by atoms with Crippen LogP contribution in [0.3, 0.4) is 0 Å². The summed E-state index contributed by atoms with van der Waals surface area (Å²) in [5.74, 6) is 7.59. The van der Waals surface area contributed by atoms with E-state index in [2.05, 4.69) is 63.9 Å². The summed E-state index contributed by atoms with van der Waals surface area (Å²) in [6.07, 6.45) is -0.575. The molecule has 0 aromatic heterocycles. The number of aliphatic hydroxyl groups is 1. The number of para-hydroxylation sites is 1. The summed E-state index contributed by atoms with van der Waals surface area (Å²) in [5, 5.41) is 13.4. The second kappa shape index (κ2) is 9.60. The molecule has 27 heavy (non-hydrogen) atoms. The van der Waals surface area contributed by atoms with Gasteiger partial charge in [-0.15, -0.1) is 0 Å².